The maximum atomic E-state index is 11.0. The highest BCUT2D eigenvalue weighted by Crippen LogP contribution is 2.31. The van der Waals surface area contributed by atoms with Gasteiger partial charge in [0, 0.05) is 5.75 Å². The molecule has 0 saturated heterocycles. The highest BCUT2D eigenvalue weighted by molar-refractivity contribution is 7.99. The van der Waals surface area contributed by atoms with Crippen LogP contribution in [0.4, 0.5) is 0 Å². The Morgan fingerprint density at radius 3 is 2.76 bits per heavy atom. The van der Waals surface area contributed by atoms with E-state index in [9.17, 15) is 4.79 Å². The third-order valence-corrected chi connectivity index (χ3v) is 5.16. The van der Waals surface area contributed by atoms with Crippen molar-refractivity contribution in [1.29, 1.82) is 0 Å². The van der Waals surface area contributed by atoms with E-state index in [1.165, 1.54) is 25.7 Å². The van der Waals surface area contributed by atoms with Crippen LogP contribution in [0.3, 0.4) is 0 Å². The van der Waals surface area contributed by atoms with Gasteiger partial charge >= 0.3 is 5.97 Å². The summed E-state index contributed by atoms with van der Waals surface area (Å²) in [6.45, 7) is 3.56. The Morgan fingerprint density at radius 1 is 1.38 bits per heavy atom. The van der Waals surface area contributed by atoms with Gasteiger partial charge in [-0.2, -0.15) is 0 Å². The van der Waals surface area contributed by atoms with Crippen molar-refractivity contribution in [3.05, 3.63) is 0 Å². The number of rotatable bonds is 8. The molecule has 2 rings (SSSR count). The van der Waals surface area contributed by atoms with Crippen molar-refractivity contribution in [2.45, 2.75) is 70.0 Å². The van der Waals surface area contributed by atoms with E-state index in [4.69, 9.17) is 5.11 Å². The van der Waals surface area contributed by atoms with Crippen molar-refractivity contribution < 1.29 is 9.90 Å². The summed E-state index contributed by atoms with van der Waals surface area (Å²) >= 11 is 1.68. The van der Waals surface area contributed by atoms with Crippen LogP contribution in [0, 0.1) is 5.41 Å². The van der Waals surface area contributed by atoms with Gasteiger partial charge in [-0.05, 0) is 50.0 Å². The molecule has 1 N–H and O–H groups in total. The minimum absolute atomic E-state index is 0.466. The van der Waals surface area contributed by atoms with Gasteiger partial charge in [0.25, 0.3) is 0 Å². The van der Waals surface area contributed by atoms with Crippen LogP contribution in [0.5, 0.6) is 0 Å². The van der Waals surface area contributed by atoms with Gasteiger partial charge in [-0.15, -0.1) is 5.10 Å². The lowest BCUT2D eigenvalue weighted by Gasteiger charge is -2.18. The second kappa shape index (κ2) is 7.24. The van der Waals surface area contributed by atoms with Crippen LogP contribution in [0.25, 0.3) is 0 Å². The fraction of sp³-hybridized carbons (Fsp3) is 0.857. The Hall–Kier alpha value is -1.11. The molecule has 1 aliphatic rings. The Morgan fingerprint density at radius 2 is 2.10 bits per heavy atom. The molecule has 0 atom stereocenters. The molecular weight excluding hydrogens is 288 g/mol. The lowest BCUT2D eigenvalue weighted by molar-refractivity contribution is -0.147. The molecule has 0 unspecified atom stereocenters. The van der Waals surface area contributed by atoms with E-state index in [1.54, 1.807) is 25.6 Å². The van der Waals surface area contributed by atoms with E-state index in [0.29, 0.717) is 12.5 Å². The molecule has 1 aromatic rings. The maximum Gasteiger partial charge on any atom is 0.309 e. The van der Waals surface area contributed by atoms with E-state index in [-0.39, 0.29) is 0 Å². The predicted octanol–water partition coefficient (Wildman–Crippen LogP) is 3.16. The highest BCUT2D eigenvalue weighted by atomic mass is 32.2. The first-order chi connectivity index (χ1) is 10.0. The van der Waals surface area contributed by atoms with Crippen molar-refractivity contribution >= 4 is 17.7 Å². The number of aromatic nitrogens is 4. The molecule has 1 aromatic heterocycles. The summed E-state index contributed by atoms with van der Waals surface area (Å²) in [4.78, 5) is 11.0. The number of unbranched alkanes of at least 4 members (excludes halogenated alkanes) is 1. The van der Waals surface area contributed by atoms with Crippen molar-refractivity contribution in [3.63, 3.8) is 0 Å². The molecular formula is C14H24N4O2S. The third-order valence-electron chi connectivity index (χ3n) is 4.14. The van der Waals surface area contributed by atoms with Gasteiger partial charge in [-0.1, -0.05) is 31.0 Å². The van der Waals surface area contributed by atoms with Crippen molar-refractivity contribution in [1.82, 2.24) is 20.2 Å². The molecule has 1 aliphatic carbocycles. The zero-order valence-corrected chi connectivity index (χ0v) is 13.6. The number of aliphatic carboxylic acids is 1. The SMILES string of the molecule is CC(C)(CCCCSc1nnnn1C1CCCC1)C(=O)O. The molecule has 0 radical (unpaired) electrons. The van der Waals surface area contributed by atoms with Crippen LogP contribution in [-0.2, 0) is 4.79 Å². The Labute approximate surface area is 129 Å². The fourth-order valence-corrected chi connectivity index (χ4v) is 3.54. The van der Waals surface area contributed by atoms with E-state index in [0.717, 1.165) is 23.8 Å². The molecule has 1 fully saturated rings. The van der Waals surface area contributed by atoms with Gasteiger partial charge in [-0.25, -0.2) is 4.68 Å². The normalized spacial score (nSPS) is 16.5. The van der Waals surface area contributed by atoms with Crippen molar-refractivity contribution in [2.75, 3.05) is 5.75 Å². The van der Waals surface area contributed by atoms with Gasteiger partial charge in [0.05, 0.1) is 11.5 Å². The first-order valence-corrected chi connectivity index (χ1v) is 8.63. The Kier molecular flexibility index (Phi) is 5.61. The van der Waals surface area contributed by atoms with Crippen LogP contribution in [0.15, 0.2) is 5.16 Å². The second-order valence-electron chi connectivity index (χ2n) is 6.34. The third kappa shape index (κ3) is 4.43. The second-order valence-corrected chi connectivity index (χ2v) is 7.40. The molecule has 7 heteroatoms. The molecule has 0 bridgehead atoms. The fourth-order valence-electron chi connectivity index (χ4n) is 2.60. The standard InChI is InChI=1S/C14H24N4O2S/c1-14(2,12(19)20)9-5-6-10-21-13-15-16-17-18(13)11-7-3-4-8-11/h11H,3-10H2,1-2H3,(H,19,20). The number of nitrogens with zero attached hydrogens (tertiary/aromatic N) is 4. The molecule has 1 saturated carbocycles. The van der Waals surface area contributed by atoms with Crippen LogP contribution >= 0.6 is 11.8 Å². The largest absolute Gasteiger partial charge is 0.481 e. The molecule has 118 valence electrons. The first-order valence-electron chi connectivity index (χ1n) is 7.65. The summed E-state index contributed by atoms with van der Waals surface area (Å²) in [5.41, 5.74) is -0.629. The van der Waals surface area contributed by atoms with E-state index < -0.39 is 11.4 Å². The van der Waals surface area contributed by atoms with Crippen molar-refractivity contribution in [3.8, 4) is 0 Å². The lowest BCUT2D eigenvalue weighted by atomic mass is 9.88. The molecule has 0 amide bonds. The Bertz CT molecular complexity index is 469. The van der Waals surface area contributed by atoms with Gasteiger partial charge in [-0.3, -0.25) is 4.79 Å². The molecule has 1 heterocycles. The minimum atomic E-state index is -0.722. The average molecular weight is 312 g/mol. The molecule has 21 heavy (non-hydrogen) atoms. The van der Waals surface area contributed by atoms with Gasteiger partial charge in [0.15, 0.2) is 0 Å². The van der Waals surface area contributed by atoms with Crippen LogP contribution in [0.2, 0.25) is 0 Å². The summed E-state index contributed by atoms with van der Waals surface area (Å²) in [5, 5.41) is 22.0. The quantitative estimate of drug-likeness (QED) is 0.586. The van der Waals surface area contributed by atoms with Crippen LogP contribution in [-0.4, -0.2) is 37.0 Å². The van der Waals surface area contributed by atoms with Gasteiger partial charge < -0.3 is 5.11 Å². The number of carbonyl (C=O) groups is 1. The van der Waals surface area contributed by atoms with E-state index in [1.807, 2.05) is 4.68 Å². The summed E-state index contributed by atoms with van der Waals surface area (Å²) in [6.07, 6.45) is 7.47. The zero-order valence-electron chi connectivity index (χ0n) is 12.8. The van der Waals surface area contributed by atoms with Gasteiger partial charge in [0.2, 0.25) is 5.16 Å². The summed E-state index contributed by atoms with van der Waals surface area (Å²) < 4.78 is 1.97. The van der Waals surface area contributed by atoms with Gasteiger partial charge in [0.1, 0.15) is 0 Å². The number of tetrazole rings is 1. The van der Waals surface area contributed by atoms with E-state index in [2.05, 4.69) is 15.5 Å². The Balaban J connectivity index is 1.72. The van der Waals surface area contributed by atoms with Crippen LogP contribution < -0.4 is 0 Å². The van der Waals surface area contributed by atoms with Crippen molar-refractivity contribution in [2.24, 2.45) is 5.41 Å². The monoisotopic (exact) mass is 312 g/mol. The number of carboxylic acid groups (broad SMARTS) is 1. The number of thioether (sulfide) groups is 1. The molecule has 0 aliphatic heterocycles. The molecule has 6 nitrogen and oxygen atoms in total. The number of hydrogen-bond acceptors (Lipinski definition) is 5. The highest BCUT2D eigenvalue weighted by Gasteiger charge is 2.26. The smallest absolute Gasteiger partial charge is 0.309 e. The molecule has 0 spiro atoms. The maximum absolute atomic E-state index is 11.0. The number of carboxylic acids is 1. The lowest BCUT2D eigenvalue weighted by Crippen LogP contribution is -2.23. The number of hydrogen-bond donors (Lipinski definition) is 1. The minimum Gasteiger partial charge on any atom is -0.481 e. The van der Waals surface area contributed by atoms with E-state index >= 15 is 0 Å². The van der Waals surface area contributed by atoms with Crippen LogP contribution in [0.1, 0.15) is 64.8 Å². The summed E-state index contributed by atoms with van der Waals surface area (Å²) in [7, 11) is 0. The average Bonchev–Trinajstić information content (AvgIpc) is 3.08. The molecule has 0 aromatic carbocycles. The summed E-state index contributed by atoms with van der Waals surface area (Å²) in [5.74, 6) is 0.211. The topological polar surface area (TPSA) is 80.9 Å². The predicted molar refractivity (Wildman–Crippen MR) is 81.3 cm³/mol. The summed E-state index contributed by atoms with van der Waals surface area (Å²) in [6, 6.07) is 0.466. The first kappa shape index (κ1) is 16.3. The zero-order chi connectivity index (χ0) is 15.3.